The second-order valence-electron chi connectivity index (χ2n) is 6.81. The first-order chi connectivity index (χ1) is 14.0. The van der Waals surface area contributed by atoms with Crippen LogP contribution >= 0.6 is 15.9 Å². The van der Waals surface area contributed by atoms with E-state index in [-0.39, 0.29) is 11.3 Å². The highest BCUT2D eigenvalue weighted by molar-refractivity contribution is 9.10. The third-order valence-corrected chi connectivity index (χ3v) is 5.76. The van der Waals surface area contributed by atoms with Gasteiger partial charge in [-0.1, -0.05) is 41.9 Å². The van der Waals surface area contributed by atoms with Crippen LogP contribution in [0.1, 0.15) is 31.0 Å². The molecule has 2 heterocycles. The monoisotopic (exact) mass is 457 g/mol. The van der Waals surface area contributed by atoms with Crippen molar-refractivity contribution in [2.75, 3.05) is 26.2 Å². The van der Waals surface area contributed by atoms with Crippen LogP contribution in [-0.4, -0.2) is 57.8 Å². The number of carbonyl (C=O) groups excluding carboxylic acids is 2. The number of benzene rings is 1. The SMILES string of the molecule is CCN(CC)CCN1C(=O)C(=O)C(=C(O)c2ccncc2)[C@H]1c1ccc(Br)cc1. The third-order valence-electron chi connectivity index (χ3n) is 5.23. The summed E-state index contributed by atoms with van der Waals surface area (Å²) in [5.74, 6) is -1.42. The predicted molar refractivity (Wildman–Crippen MR) is 115 cm³/mol. The highest BCUT2D eigenvalue weighted by atomic mass is 79.9. The quantitative estimate of drug-likeness (QED) is 0.390. The molecule has 1 fully saturated rings. The van der Waals surface area contributed by atoms with Gasteiger partial charge in [-0.05, 0) is 42.9 Å². The Kier molecular flexibility index (Phi) is 6.82. The molecule has 3 rings (SSSR count). The molecule has 1 aliphatic rings. The Labute approximate surface area is 179 Å². The van der Waals surface area contributed by atoms with Gasteiger partial charge in [0.2, 0.25) is 0 Å². The fourth-order valence-electron chi connectivity index (χ4n) is 3.56. The number of aromatic nitrogens is 1. The highest BCUT2D eigenvalue weighted by Gasteiger charge is 2.45. The van der Waals surface area contributed by atoms with Crippen LogP contribution in [0.5, 0.6) is 0 Å². The Bertz CT molecular complexity index is 909. The molecule has 1 aliphatic heterocycles. The molecular weight excluding hydrogens is 434 g/mol. The van der Waals surface area contributed by atoms with Gasteiger partial charge in [-0.3, -0.25) is 14.6 Å². The Balaban J connectivity index is 2.07. The summed E-state index contributed by atoms with van der Waals surface area (Å²) in [6, 6.07) is 10.1. The summed E-state index contributed by atoms with van der Waals surface area (Å²) in [5, 5.41) is 10.9. The average molecular weight is 458 g/mol. The molecule has 152 valence electrons. The molecule has 6 nitrogen and oxygen atoms in total. The van der Waals surface area contributed by atoms with E-state index in [1.54, 1.807) is 29.4 Å². The zero-order chi connectivity index (χ0) is 21.0. The zero-order valence-electron chi connectivity index (χ0n) is 16.5. The number of rotatable bonds is 7. The van der Waals surface area contributed by atoms with Gasteiger partial charge in [-0.2, -0.15) is 0 Å². The first-order valence-electron chi connectivity index (χ1n) is 9.64. The van der Waals surface area contributed by atoms with E-state index in [4.69, 9.17) is 0 Å². The number of Topliss-reactive ketones (excluding diaryl/α,β-unsaturated/α-hetero) is 1. The number of likely N-dealkylation sites (tertiary alicyclic amines) is 1. The fraction of sp³-hybridized carbons (Fsp3) is 0.318. The molecule has 1 aromatic heterocycles. The number of ketones is 1. The summed E-state index contributed by atoms with van der Waals surface area (Å²) in [4.78, 5) is 33.5. The maximum absolute atomic E-state index is 12.9. The second-order valence-corrected chi connectivity index (χ2v) is 7.72. The lowest BCUT2D eigenvalue weighted by Gasteiger charge is -2.28. The van der Waals surface area contributed by atoms with Crippen molar-refractivity contribution in [3.63, 3.8) is 0 Å². The minimum absolute atomic E-state index is 0.114. The van der Waals surface area contributed by atoms with E-state index in [0.29, 0.717) is 18.7 Å². The van der Waals surface area contributed by atoms with Crippen molar-refractivity contribution in [3.05, 3.63) is 70.0 Å². The third kappa shape index (κ3) is 4.41. The molecule has 0 unspecified atom stereocenters. The first-order valence-corrected chi connectivity index (χ1v) is 10.4. The molecule has 29 heavy (non-hydrogen) atoms. The normalized spacial score (nSPS) is 18.6. The predicted octanol–water partition coefficient (Wildman–Crippen LogP) is 3.61. The smallest absolute Gasteiger partial charge is 0.295 e. The average Bonchev–Trinajstić information content (AvgIpc) is 3.00. The van der Waals surface area contributed by atoms with Gasteiger partial charge in [0, 0.05) is 35.5 Å². The van der Waals surface area contributed by atoms with Crippen molar-refractivity contribution in [3.8, 4) is 0 Å². The number of likely N-dealkylation sites (N-methyl/N-ethyl adjacent to an activating group) is 1. The Morgan fingerprint density at radius 3 is 2.31 bits per heavy atom. The summed E-state index contributed by atoms with van der Waals surface area (Å²) in [6.07, 6.45) is 3.08. The van der Waals surface area contributed by atoms with Crippen LogP contribution in [0, 0.1) is 0 Å². The van der Waals surface area contributed by atoms with E-state index < -0.39 is 17.7 Å². The van der Waals surface area contributed by atoms with E-state index >= 15 is 0 Å². The largest absolute Gasteiger partial charge is 0.507 e. The number of nitrogens with zero attached hydrogens (tertiary/aromatic N) is 3. The van der Waals surface area contributed by atoms with Crippen LogP contribution in [-0.2, 0) is 9.59 Å². The summed E-state index contributed by atoms with van der Waals surface area (Å²) in [6.45, 7) is 6.91. The molecule has 1 aromatic carbocycles. The van der Waals surface area contributed by atoms with Crippen molar-refractivity contribution >= 4 is 33.4 Å². The van der Waals surface area contributed by atoms with E-state index in [1.807, 2.05) is 24.3 Å². The number of halogens is 1. The molecular formula is C22H24BrN3O3. The molecule has 0 radical (unpaired) electrons. The number of amides is 1. The molecule has 1 N–H and O–H groups in total. The molecule has 1 atom stereocenters. The lowest BCUT2D eigenvalue weighted by molar-refractivity contribution is -0.140. The van der Waals surface area contributed by atoms with Crippen LogP contribution in [0.2, 0.25) is 0 Å². The van der Waals surface area contributed by atoms with Gasteiger partial charge >= 0.3 is 0 Å². The molecule has 0 spiro atoms. The van der Waals surface area contributed by atoms with Gasteiger partial charge in [0.25, 0.3) is 11.7 Å². The summed E-state index contributed by atoms with van der Waals surface area (Å²) >= 11 is 3.42. The minimum Gasteiger partial charge on any atom is -0.507 e. The Morgan fingerprint density at radius 2 is 1.72 bits per heavy atom. The van der Waals surface area contributed by atoms with Crippen molar-refractivity contribution in [1.29, 1.82) is 0 Å². The zero-order valence-corrected chi connectivity index (χ0v) is 18.1. The van der Waals surface area contributed by atoms with Crippen LogP contribution in [0.15, 0.2) is 58.8 Å². The number of pyridine rings is 1. The van der Waals surface area contributed by atoms with Crippen LogP contribution in [0.3, 0.4) is 0 Å². The topological polar surface area (TPSA) is 73.7 Å². The number of hydrogen-bond acceptors (Lipinski definition) is 5. The Hall–Kier alpha value is -2.51. The maximum Gasteiger partial charge on any atom is 0.295 e. The minimum atomic E-state index is -0.660. The van der Waals surface area contributed by atoms with Crippen LogP contribution in [0.4, 0.5) is 0 Å². The van der Waals surface area contributed by atoms with Crippen molar-refractivity contribution in [2.24, 2.45) is 0 Å². The molecule has 7 heteroatoms. The molecule has 0 saturated carbocycles. The van der Waals surface area contributed by atoms with E-state index in [9.17, 15) is 14.7 Å². The van der Waals surface area contributed by atoms with Gasteiger partial charge < -0.3 is 14.9 Å². The maximum atomic E-state index is 12.9. The van der Waals surface area contributed by atoms with Crippen LogP contribution < -0.4 is 0 Å². The summed E-state index contributed by atoms with van der Waals surface area (Å²) in [7, 11) is 0. The second kappa shape index (κ2) is 9.33. The van der Waals surface area contributed by atoms with Crippen molar-refractivity contribution in [1.82, 2.24) is 14.8 Å². The van der Waals surface area contributed by atoms with E-state index in [1.165, 1.54) is 0 Å². The van der Waals surface area contributed by atoms with Gasteiger partial charge in [-0.15, -0.1) is 0 Å². The number of aliphatic hydroxyl groups is 1. The molecule has 0 aliphatic carbocycles. The lowest BCUT2D eigenvalue weighted by Crippen LogP contribution is -2.38. The highest BCUT2D eigenvalue weighted by Crippen LogP contribution is 2.39. The van der Waals surface area contributed by atoms with Gasteiger partial charge in [0.05, 0.1) is 11.6 Å². The van der Waals surface area contributed by atoms with Crippen LogP contribution in [0.25, 0.3) is 5.76 Å². The van der Waals surface area contributed by atoms with Gasteiger partial charge in [-0.25, -0.2) is 0 Å². The summed E-state index contributed by atoms with van der Waals surface area (Å²) in [5.41, 5.74) is 1.36. The fourth-order valence-corrected chi connectivity index (χ4v) is 3.82. The van der Waals surface area contributed by atoms with Crippen molar-refractivity contribution in [2.45, 2.75) is 19.9 Å². The van der Waals surface area contributed by atoms with E-state index in [2.05, 4.69) is 39.7 Å². The molecule has 1 saturated heterocycles. The number of hydrogen-bond donors (Lipinski definition) is 1. The number of carbonyl (C=O) groups is 2. The van der Waals surface area contributed by atoms with Gasteiger partial charge in [0.15, 0.2) is 0 Å². The molecule has 1 amide bonds. The van der Waals surface area contributed by atoms with Crippen molar-refractivity contribution < 1.29 is 14.7 Å². The summed E-state index contributed by atoms with van der Waals surface area (Å²) < 4.78 is 0.899. The Morgan fingerprint density at radius 1 is 1.10 bits per heavy atom. The van der Waals surface area contributed by atoms with E-state index in [0.717, 1.165) is 23.1 Å². The number of aliphatic hydroxyl groups excluding tert-OH is 1. The first kappa shape index (κ1) is 21.2. The molecule has 0 bridgehead atoms. The lowest BCUT2D eigenvalue weighted by atomic mass is 9.95. The molecule has 2 aromatic rings. The standard InChI is InChI=1S/C22H24BrN3O3/c1-3-25(4-2)13-14-26-19(15-5-7-17(23)8-6-15)18(21(28)22(26)29)20(27)16-9-11-24-12-10-16/h5-12,19,27H,3-4,13-14H2,1-2H3/t19-/m1/s1. The van der Waals surface area contributed by atoms with Gasteiger partial charge in [0.1, 0.15) is 5.76 Å².